The van der Waals surface area contributed by atoms with E-state index in [0.717, 1.165) is 16.2 Å². The highest BCUT2D eigenvalue weighted by molar-refractivity contribution is 7.92. The van der Waals surface area contributed by atoms with Crippen molar-refractivity contribution in [2.45, 2.75) is 26.3 Å². The van der Waals surface area contributed by atoms with Gasteiger partial charge < -0.3 is 10.2 Å². The topological polar surface area (TPSA) is 69.7 Å². The fourth-order valence-corrected chi connectivity index (χ4v) is 2.76. The molecule has 1 rings (SSSR count). The molecule has 0 aromatic heterocycles. The lowest BCUT2D eigenvalue weighted by Crippen LogP contribution is -2.47. The monoisotopic (exact) mass is 327 g/mol. The first-order valence-electron chi connectivity index (χ1n) is 6.96. The summed E-state index contributed by atoms with van der Waals surface area (Å²) in [5, 5.41) is 2.77. The zero-order valence-corrected chi connectivity index (χ0v) is 14.9. The van der Waals surface area contributed by atoms with E-state index < -0.39 is 15.6 Å². The first-order chi connectivity index (χ1) is 9.90. The highest BCUT2D eigenvalue weighted by Gasteiger charge is 2.23. The fourth-order valence-electron chi connectivity index (χ4n) is 1.91. The molecule has 1 aromatic carbocycles. The lowest BCUT2D eigenvalue weighted by atomic mass is 10.1. The first kappa shape index (κ1) is 18.3. The molecule has 1 N–H and O–H groups in total. The number of carbonyl (C=O) groups excluding carboxylic acids is 1. The average Bonchev–Trinajstić information content (AvgIpc) is 2.32. The number of nitrogens with zero attached hydrogens (tertiary/aromatic N) is 2. The van der Waals surface area contributed by atoms with E-state index in [-0.39, 0.29) is 12.5 Å². The van der Waals surface area contributed by atoms with Gasteiger partial charge >= 0.3 is 0 Å². The molecule has 124 valence electrons. The SMILES string of the molecule is CN(C)c1ccc(N(CC(=O)NC(C)(C)C)S(C)(=O)=O)cc1. The molecule has 0 spiro atoms. The number of anilines is 2. The lowest BCUT2D eigenvalue weighted by Gasteiger charge is -2.26. The maximum atomic E-state index is 12.0. The molecular weight excluding hydrogens is 302 g/mol. The van der Waals surface area contributed by atoms with Crippen LogP contribution >= 0.6 is 0 Å². The summed E-state index contributed by atoms with van der Waals surface area (Å²) in [7, 11) is 0.263. The van der Waals surface area contributed by atoms with E-state index in [1.807, 2.05) is 51.9 Å². The van der Waals surface area contributed by atoms with E-state index in [0.29, 0.717) is 5.69 Å². The minimum atomic E-state index is -3.54. The van der Waals surface area contributed by atoms with Gasteiger partial charge in [-0.25, -0.2) is 8.42 Å². The second-order valence-corrected chi connectivity index (χ2v) is 8.39. The van der Waals surface area contributed by atoms with Crippen LogP contribution in [0, 0.1) is 0 Å². The maximum Gasteiger partial charge on any atom is 0.241 e. The van der Waals surface area contributed by atoms with Gasteiger partial charge in [-0.2, -0.15) is 0 Å². The molecule has 0 saturated carbocycles. The van der Waals surface area contributed by atoms with E-state index in [1.54, 1.807) is 12.1 Å². The predicted molar refractivity (Wildman–Crippen MR) is 90.9 cm³/mol. The van der Waals surface area contributed by atoms with Crippen molar-refractivity contribution in [3.63, 3.8) is 0 Å². The number of carbonyl (C=O) groups is 1. The molecule has 0 aliphatic rings. The molecule has 0 aliphatic heterocycles. The predicted octanol–water partition coefficient (Wildman–Crippen LogP) is 1.43. The van der Waals surface area contributed by atoms with E-state index in [1.165, 1.54) is 0 Å². The maximum absolute atomic E-state index is 12.0. The molecule has 7 heteroatoms. The van der Waals surface area contributed by atoms with Gasteiger partial charge in [0.15, 0.2) is 0 Å². The zero-order chi connectivity index (χ0) is 17.1. The molecule has 1 amide bonds. The quantitative estimate of drug-likeness (QED) is 0.888. The molecule has 6 nitrogen and oxygen atoms in total. The average molecular weight is 327 g/mol. The Bertz CT molecular complexity index is 616. The molecule has 0 bridgehead atoms. The first-order valence-corrected chi connectivity index (χ1v) is 8.81. The Hall–Kier alpha value is -1.76. The largest absolute Gasteiger partial charge is 0.378 e. The molecule has 0 fully saturated rings. The third-order valence-electron chi connectivity index (χ3n) is 2.86. The van der Waals surface area contributed by atoms with Gasteiger partial charge in [0.25, 0.3) is 0 Å². The third-order valence-corrected chi connectivity index (χ3v) is 4.00. The minimum Gasteiger partial charge on any atom is -0.378 e. The highest BCUT2D eigenvalue weighted by atomic mass is 32.2. The van der Waals surface area contributed by atoms with Gasteiger partial charge in [0.2, 0.25) is 15.9 Å². The molecule has 0 atom stereocenters. The number of hydrogen-bond acceptors (Lipinski definition) is 4. The summed E-state index contributed by atoms with van der Waals surface area (Å²) in [6, 6.07) is 7.02. The Morgan fingerprint density at radius 1 is 1.09 bits per heavy atom. The van der Waals surface area contributed by atoms with Crippen molar-refractivity contribution >= 4 is 27.3 Å². The Morgan fingerprint density at radius 3 is 1.91 bits per heavy atom. The molecule has 0 unspecified atom stereocenters. The van der Waals surface area contributed by atoms with Crippen molar-refractivity contribution in [1.29, 1.82) is 0 Å². The number of rotatable bonds is 5. The summed E-state index contributed by atoms with van der Waals surface area (Å²) in [6.07, 6.45) is 1.09. The van der Waals surface area contributed by atoms with E-state index >= 15 is 0 Å². The van der Waals surface area contributed by atoms with Gasteiger partial charge in [-0.3, -0.25) is 9.10 Å². The molecule has 0 radical (unpaired) electrons. The van der Waals surface area contributed by atoms with Crippen LogP contribution in [0.25, 0.3) is 0 Å². The van der Waals surface area contributed by atoms with Crippen LogP contribution in [0.2, 0.25) is 0 Å². The highest BCUT2D eigenvalue weighted by Crippen LogP contribution is 2.21. The molecular formula is C15H25N3O3S. The summed E-state index contributed by atoms with van der Waals surface area (Å²) >= 11 is 0. The van der Waals surface area contributed by atoms with Gasteiger partial charge in [-0.1, -0.05) is 0 Å². The Labute approximate surface area is 133 Å². The van der Waals surface area contributed by atoms with E-state index in [9.17, 15) is 13.2 Å². The lowest BCUT2D eigenvalue weighted by molar-refractivity contribution is -0.121. The third kappa shape index (κ3) is 5.55. The minimum absolute atomic E-state index is 0.239. The normalized spacial score (nSPS) is 11.9. The van der Waals surface area contributed by atoms with Gasteiger partial charge in [0.05, 0.1) is 11.9 Å². The van der Waals surface area contributed by atoms with Crippen molar-refractivity contribution in [1.82, 2.24) is 5.32 Å². The van der Waals surface area contributed by atoms with Crippen LogP contribution in [-0.2, 0) is 14.8 Å². The summed E-state index contributed by atoms with van der Waals surface area (Å²) in [6.45, 7) is 5.31. The molecule has 0 aliphatic carbocycles. The Balaban J connectivity index is 3.02. The second-order valence-electron chi connectivity index (χ2n) is 6.48. The summed E-state index contributed by atoms with van der Waals surface area (Å²) in [4.78, 5) is 14.0. The van der Waals surface area contributed by atoms with E-state index in [2.05, 4.69) is 5.32 Å². The van der Waals surface area contributed by atoms with Crippen LogP contribution in [0.3, 0.4) is 0 Å². The standard InChI is InChI=1S/C15H25N3O3S/c1-15(2,3)16-14(19)11-18(22(6,20)21)13-9-7-12(8-10-13)17(4)5/h7-10H,11H2,1-6H3,(H,16,19). The smallest absolute Gasteiger partial charge is 0.241 e. The second kappa shape index (κ2) is 6.56. The number of sulfonamides is 1. The van der Waals surface area contributed by atoms with Gasteiger partial charge in [-0.15, -0.1) is 0 Å². The van der Waals surface area contributed by atoms with Crippen molar-refractivity contribution < 1.29 is 13.2 Å². The summed E-state index contributed by atoms with van der Waals surface area (Å²) in [5.74, 6) is -0.338. The summed E-state index contributed by atoms with van der Waals surface area (Å²) in [5.41, 5.74) is 1.02. The number of amides is 1. The van der Waals surface area contributed by atoms with E-state index in [4.69, 9.17) is 0 Å². The van der Waals surface area contributed by atoms with Gasteiger partial charge in [0.1, 0.15) is 6.54 Å². The number of nitrogens with one attached hydrogen (secondary N) is 1. The Kier molecular flexibility index (Phi) is 5.45. The van der Waals surface area contributed by atoms with Crippen LogP contribution in [0.5, 0.6) is 0 Å². The molecule has 0 heterocycles. The van der Waals surface area contributed by atoms with Gasteiger partial charge in [-0.05, 0) is 45.0 Å². The Morgan fingerprint density at radius 2 is 1.55 bits per heavy atom. The van der Waals surface area contributed by atoms with Gasteiger partial charge in [0, 0.05) is 25.3 Å². The van der Waals surface area contributed by atoms with Crippen molar-refractivity contribution in [2.24, 2.45) is 0 Å². The van der Waals surface area contributed by atoms with Crippen molar-refractivity contribution in [2.75, 3.05) is 36.1 Å². The molecule has 0 saturated heterocycles. The van der Waals surface area contributed by atoms with Crippen LogP contribution < -0.4 is 14.5 Å². The van der Waals surface area contributed by atoms with Crippen LogP contribution in [0.15, 0.2) is 24.3 Å². The van der Waals surface area contributed by atoms with Crippen LogP contribution in [0.1, 0.15) is 20.8 Å². The summed E-state index contributed by atoms with van der Waals surface area (Å²) < 4.78 is 25.1. The van der Waals surface area contributed by atoms with Crippen LogP contribution in [0.4, 0.5) is 11.4 Å². The van der Waals surface area contributed by atoms with Crippen molar-refractivity contribution in [3.05, 3.63) is 24.3 Å². The molecule has 1 aromatic rings. The molecule has 22 heavy (non-hydrogen) atoms. The number of hydrogen-bond donors (Lipinski definition) is 1. The number of benzene rings is 1. The zero-order valence-electron chi connectivity index (χ0n) is 14.0. The van der Waals surface area contributed by atoms with Crippen LogP contribution in [-0.4, -0.2) is 46.8 Å². The fraction of sp³-hybridized carbons (Fsp3) is 0.533. The van der Waals surface area contributed by atoms with Crippen molar-refractivity contribution in [3.8, 4) is 0 Å².